The second-order valence-corrected chi connectivity index (χ2v) is 8.25. The van der Waals surface area contributed by atoms with Crippen LogP contribution in [0, 0.1) is 6.92 Å². The lowest BCUT2D eigenvalue weighted by atomic mass is 10.1. The minimum Gasteiger partial charge on any atom is -0.487 e. The summed E-state index contributed by atoms with van der Waals surface area (Å²) >= 11 is 0. The van der Waals surface area contributed by atoms with Crippen LogP contribution in [0.4, 0.5) is 0 Å². The summed E-state index contributed by atoms with van der Waals surface area (Å²) in [6, 6.07) is 19.4. The molecule has 5 rings (SSSR count). The van der Waals surface area contributed by atoms with Gasteiger partial charge in [0.25, 0.3) is 5.91 Å². The first-order chi connectivity index (χ1) is 16.6. The number of hydrogen-bond acceptors (Lipinski definition) is 4. The van der Waals surface area contributed by atoms with Crippen molar-refractivity contribution in [2.75, 3.05) is 0 Å². The van der Waals surface area contributed by atoms with Gasteiger partial charge in [-0.2, -0.15) is 0 Å². The number of fused-ring (bicyclic) bond motifs is 1. The van der Waals surface area contributed by atoms with Crippen LogP contribution >= 0.6 is 0 Å². The highest BCUT2D eigenvalue weighted by Crippen LogP contribution is 2.16. The predicted octanol–water partition coefficient (Wildman–Crippen LogP) is 4.40. The summed E-state index contributed by atoms with van der Waals surface area (Å²) in [6.45, 7) is 3.60. The van der Waals surface area contributed by atoms with Crippen molar-refractivity contribution >= 4 is 11.6 Å². The van der Waals surface area contributed by atoms with Gasteiger partial charge >= 0.3 is 0 Å². The summed E-state index contributed by atoms with van der Waals surface area (Å²) in [6.07, 6.45) is 9.49. The van der Waals surface area contributed by atoms with Crippen molar-refractivity contribution in [1.82, 2.24) is 24.3 Å². The molecular weight excluding hydrogens is 426 g/mol. The van der Waals surface area contributed by atoms with Gasteiger partial charge < -0.3 is 19.0 Å². The SMILES string of the molecule is Cc1ccc2nc(COc3cccc(C(=O)NCc4ccc(Cn5ccnc5)cc4)c3)cn2c1. The molecule has 1 amide bonds. The molecule has 0 radical (unpaired) electrons. The maximum atomic E-state index is 12.7. The number of carbonyl (C=O) groups is 1. The van der Waals surface area contributed by atoms with Crippen LogP contribution in [0.1, 0.15) is 32.7 Å². The third kappa shape index (κ3) is 5.15. The van der Waals surface area contributed by atoms with Crippen LogP contribution in [0.3, 0.4) is 0 Å². The van der Waals surface area contributed by atoms with Crippen LogP contribution in [0.2, 0.25) is 0 Å². The molecule has 0 saturated carbocycles. The van der Waals surface area contributed by atoms with Gasteiger partial charge in [-0.25, -0.2) is 9.97 Å². The minimum atomic E-state index is -0.142. The minimum absolute atomic E-state index is 0.142. The summed E-state index contributed by atoms with van der Waals surface area (Å²) in [5, 5.41) is 2.98. The number of aryl methyl sites for hydroxylation is 1. The molecule has 0 aliphatic rings. The third-order valence-electron chi connectivity index (χ3n) is 5.53. The quantitative estimate of drug-likeness (QED) is 0.380. The summed E-state index contributed by atoms with van der Waals surface area (Å²) in [7, 11) is 0. The standard InChI is InChI=1S/C27H25N5O2/c1-20-5-10-26-30-24(17-32(26)15-20)18-34-25-4-2-3-23(13-25)27(33)29-14-21-6-8-22(9-7-21)16-31-12-11-28-19-31/h2-13,15,17,19H,14,16,18H2,1H3,(H,29,33). The largest absolute Gasteiger partial charge is 0.487 e. The highest BCUT2D eigenvalue weighted by molar-refractivity contribution is 5.94. The first kappa shape index (κ1) is 21.5. The Morgan fingerprint density at radius 2 is 1.88 bits per heavy atom. The van der Waals surface area contributed by atoms with Gasteiger partial charge in [0.1, 0.15) is 18.0 Å². The molecule has 7 nitrogen and oxygen atoms in total. The summed E-state index contributed by atoms with van der Waals surface area (Å²) in [5.74, 6) is 0.487. The van der Waals surface area contributed by atoms with Crippen molar-refractivity contribution in [3.8, 4) is 5.75 Å². The molecule has 5 aromatic rings. The molecule has 7 heteroatoms. The van der Waals surface area contributed by atoms with E-state index in [0.717, 1.165) is 23.4 Å². The molecule has 0 unspecified atom stereocenters. The van der Waals surface area contributed by atoms with Crippen LogP contribution in [0.25, 0.3) is 5.65 Å². The fourth-order valence-corrected chi connectivity index (χ4v) is 3.75. The fourth-order valence-electron chi connectivity index (χ4n) is 3.75. The molecule has 0 bridgehead atoms. The molecule has 3 heterocycles. The van der Waals surface area contributed by atoms with E-state index in [9.17, 15) is 4.79 Å². The number of carbonyl (C=O) groups excluding carboxylic acids is 1. The number of aromatic nitrogens is 4. The van der Waals surface area contributed by atoms with Gasteiger partial charge in [-0.15, -0.1) is 0 Å². The number of nitrogens with zero attached hydrogens (tertiary/aromatic N) is 4. The average Bonchev–Trinajstić information content (AvgIpc) is 3.51. The van der Waals surface area contributed by atoms with Gasteiger partial charge in [0.15, 0.2) is 0 Å². The second kappa shape index (κ2) is 9.62. The Kier molecular flexibility index (Phi) is 6.07. The highest BCUT2D eigenvalue weighted by atomic mass is 16.5. The Morgan fingerprint density at radius 3 is 2.71 bits per heavy atom. The number of rotatable bonds is 8. The van der Waals surface area contributed by atoms with Crippen molar-refractivity contribution < 1.29 is 9.53 Å². The topological polar surface area (TPSA) is 73.4 Å². The average molecular weight is 452 g/mol. The van der Waals surface area contributed by atoms with Crippen molar-refractivity contribution in [3.05, 3.63) is 120 Å². The number of benzene rings is 2. The van der Waals surface area contributed by atoms with E-state index in [1.807, 2.05) is 70.9 Å². The zero-order chi connectivity index (χ0) is 23.3. The first-order valence-corrected chi connectivity index (χ1v) is 11.1. The number of amides is 1. The Hall–Kier alpha value is -4.39. The maximum Gasteiger partial charge on any atom is 0.251 e. The van der Waals surface area contributed by atoms with Gasteiger partial charge in [-0.1, -0.05) is 36.4 Å². The Balaban J connectivity index is 1.16. The van der Waals surface area contributed by atoms with Crippen LogP contribution in [0.15, 0.2) is 91.8 Å². The zero-order valence-corrected chi connectivity index (χ0v) is 18.9. The highest BCUT2D eigenvalue weighted by Gasteiger charge is 2.08. The molecule has 1 N–H and O–H groups in total. The Morgan fingerprint density at radius 1 is 1.03 bits per heavy atom. The molecule has 0 saturated heterocycles. The van der Waals surface area contributed by atoms with Crippen LogP contribution in [-0.2, 0) is 19.7 Å². The van der Waals surface area contributed by atoms with Crippen molar-refractivity contribution in [2.24, 2.45) is 0 Å². The molecule has 170 valence electrons. The molecule has 0 aliphatic heterocycles. The van der Waals surface area contributed by atoms with E-state index < -0.39 is 0 Å². The lowest BCUT2D eigenvalue weighted by molar-refractivity contribution is 0.0950. The molecule has 2 aromatic carbocycles. The van der Waals surface area contributed by atoms with E-state index in [2.05, 4.69) is 27.4 Å². The molecular formula is C27H25N5O2. The molecule has 0 spiro atoms. The number of hydrogen-bond donors (Lipinski definition) is 1. The van der Waals surface area contributed by atoms with E-state index >= 15 is 0 Å². The van der Waals surface area contributed by atoms with Crippen molar-refractivity contribution in [1.29, 1.82) is 0 Å². The van der Waals surface area contributed by atoms with Crippen molar-refractivity contribution in [2.45, 2.75) is 26.6 Å². The lowest BCUT2D eigenvalue weighted by Gasteiger charge is -2.09. The normalized spacial score (nSPS) is 11.0. The number of nitrogens with one attached hydrogen (secondary N) is 1. The number of ether oxygens (including phenoxy) is 1. The number of pyridine rings is 1. The Labute approximate surface area is 197 Å². The lowest BCUT2D eigenvalue weighted by Crippen LogP contribution is -2.22. The van der Waals surface area contributed by atoms with E-state index in [-0.39, 0.29) is 5.91 Å². The zero-order valence-electron chi connectivity index (χ0n) is 18.9. The molecule has 3 aromatic heterocycles. The van der Waals surface area contributed by atoms with E-state index in [1.54, 1.807) is 24.7 Å². The summed E-state index contributed by atoms with van der Waals surface area (Å²) < 4.78 is 9.90. The van der Waals surface area contributed by atoms with Gasteiger partial charge in [0, 0.05) is 43.4 Å². The van der Waals surface area contributed by atoms with E-state index in [4.69, 9.17) is 4.74 Å². The third-order valence-corrected chi connectivity index (χ3v) is 5.53. The first-order valence-electron chi connectivity index (χ1n) is 11.1. The maximum absolute atomic E-state index is 12.7. The molecule has 0 aliphatic carbocycles. The van der Waals surface area contributed by atoms with Gasteiger partial charge in [-0.3, -0.25) is 4.79 Å². The predicted molar refractivity (Wildman–Crippen MR) is 130 cm³/mol. The summed E-state index contributed by atoms with van der Waals surface area (Å²) in [4.78, 5) is 21.3. The number of imidazole rings is 2. The van der Waals surface area contributed by atoms with Crippen molar-refractivity contribution in [3.63, 3.8) is 0 Å². The molecule has 34 heavy (non-hydrogen) atoms. The molecule has 0 fully saturated rings. The van der Waals surface area contributed by atoms with E-state index in [1.165, 1.54) is 11.1 Å². The van der Waals surface area contributed by atoms with Crippen LogP contribution < -0.4 is 10.1 Å². The monoisotopic (exact) mass is 451 g/mol. The van der Waals surface area contributed by atoms with Crippen LogP contribution in [0.5, 0.6) is 5.75 Å². The van der Waals surface area contributed by atoms with Crippen LogP contribution in [-0.4, -0.2) is 24.8 Å². The molecule has 0 atom stereocenters. The fraction of sp³-hybridized carbons (Fsp3) is 0.148. The van der Waals surface area contributed by atoms with Gasteiger partial charge in [0.2, 0.25) is 0 Å². The van der Waals surface area contributed by atoms with Gasteiger partial charge in [-0.05, 0) is 47.9 Å². The Bertz CT molecular complexity index is 1410. The smallest absolute Gasteiger partial charge is 0.251 e. The second-order valence-electron chi connectivity index (χ2n) is 8.25. The van der Waals surface area contributed by atoms with Gasteiger partial charge in [0.05, 0.1) is 12.0 Å². The summed E-state index contributed by atoms with van der Waals surface area (Å²) in [5.41, 5.74) is 5.65. The van der Waals surface area contributed by atoms with E-state index in [0.29, 0.717) is 24.5 Å².